The van der Waals surface area contributed by atoms with Crippen molar-refractivity contribution in [3.8, 4) is 0 Å². The molecule has 212 valence electrons. The van der Waals surface area contributed by atoms with Gasteiger partial charge < -0.3 is 4.23 Å². The highest BCUT2D eigenvalue weighted by Gasteiger charge is 2.60. The Morgan fingerprint density at radius 1 is 0.524 bits per heavy atom. The van der Waals surface area contributed by atoms with Gasteiger partial charge in [-0.3, -0.25) is 14.5 Å². The van der Waals surface area contributed by atoms with Crippen molar-refractivity contribution in [3.05, 3.63) is 121 Å². The average molecular weight is 587 g/mol. The van der Waals surface area contributed by atoms with E-state index in [0.717, 1.165) is 44.3 Å². The Kier molecular flexibility index (Phi) is 7.30. The summed E-state index contributed by atoms with van der Waals surface area (Å²) < 4.78 is 2.99. The molecule has 2 heterocycles. The van der Waals surface area contributed by atoms with Crippen LogP contribution in [0.3, 0.4) is 0 Å². The second-order valence-electron chi connectivity index (χ2n) is 12.2. The van der Waals surface area contributed by atoms with Gasteiger partial charge >= 0.3 is 0 Å². The number of hydrogen-bond donors (Lipinski definition) is 0. The van der Waals surface area contributed by atoms with Crippen LogP contribution in [0.5, 0.6) is 0 Å². The minimum atomic E-state index is -2.44. The molecule has 2 amide bonds. The zero-order valence-corrected chi connectivity index (χ0v) is 26.1. The van der Waals surface area contributed by atoms with Crippen molar-refractivity contribution < 1.29 is 9.59 Å². The van der Waals surface area contributed by atoms with E-state index in [4.69, 9.17) is 0 Å². The van der Waals surface area contributed by atoms with Gasteiger partial charge in [-0.25, -0.2) is 0 Å². The van der Waals surface area contributed by atoms with E-state index in [9.17, 15) is 9.59 Å². The summed E-state index contributed by atoms with van der Waals surface area (Å²) in [5.74, 6) is 0.00309. The second kappa shape index (κ2) is 11.2. The molecular weight excluding hydrogens is 549 g/mol. The quantitative estimate of drug-likeness (QED) is 0.232. The Hall–Kier alpha value is -3.59. The summed E-state index contributed by atoms with van der Waals surface area (Å²) in [5.41, 5.74) is 0. The molecular formula is C36H38N2O2Si2. The van der Waals surface area contributed by atoms with Gasteiger partial charge in [0.15, 0.2) is 16.5 Å². The van der Waals surface area contributed by atoms with Crippen LogP contribution < -0.4 is 20.7 Å². The highest BCUT2D eigenvalue weighted by Crippen LogP contribution is 2.40. The summed E-state index contributed by atoms with van der Waals surface area (Å²) in [6.45, 7) is 1.38. The molecule has 4 aromatic carbocycles. The topological polar surface area (TPSA) is 40.6 Å². The van der Waals surface area contributed by atoms with Gasteiger partial charge in [0, 0.05) is 6.54 Å². The zero-order chi connectivity index (χ0) is 28.6. The first-order valence-electron chi connectivity index (χ1n) is 15.5. The van der Waals surface area contributed by atoms with E-state index in [0.29, 0.717) is 6.54 Å². The highest BCUT2D eigenvalue weighted by molar-refractivity contribution is 7.17. The maximum Gasteiger partial charge on any atom is 0.233 e. The molecule has 42 heavy (non-hydrogen) atoms. The van der Waals surface area contributed by atoms with Crippen molar-refractivity contribution >= 4 is 49.0 Å². The van der Waals surface area contributed by atoms with Crippen LogP contribution in [-0.4, -0.2) is 50.5 Å². The number of imide groups is 1. The van der Waals surface area contributed by atoms with Crippen LogP contribution in [0, 0.1) is 11.8 Å². The van der Waals surface area contributed by atoms with Crippen LogP contribution in [0.25, 0.3) is 0 Å². The molecule has 0 radical (unpaired) electrons. The van der Waals surface area contributed by atoms with Crippen LogP contribution >= 0.6 is 0 Å². The smallest absolute Gasteiger partial charge is 0.233 e. The van der Waals surface area contributed by atoms with Crippen LogP contribution in [0.2, 0.25) is 12.1 Å². The molecule has 4 aromatic rings. The van der Waals surface area contributed by atoms with Gasteiger partial charge in [-0.05, 0) is 58.6 Å². The molecule has 1 saturated carbocycles. The van der Waals surface area contributed by atoms with E-state index < -0.39 is 16.5 Å². The number of amides is 2. The predicted molar refractivity (Wildman–Crippen MR) is 174 cm³/mol. The molecule has 6 heteroatoms. The van der Waals surface area contributed by atoms with Gasteiger partial charge in [-0.15, -0.1) is 0 Å². The molecule has 2 unspecified atom stereocenters. The van der Waals surface area contributed by atoms with Crippen molar-refractivity contribution in [3.63, 3.8) is 0 Å². The Morgan fingerprint density at radius 2 is 0.881 bits per heavy atom. The lowest BCUT2D eigenvalue weighted by Crippen LogP contribution is -2.78. The lowest BCUT2D eigenvalue weighted by molar-refractivity contribution is -0.140. The molecule has 2 atom stereocenters. The Bertz CT molecular complexity index is 1360. The molecule has 3 fully saturated rings. The van der Waals surface area contributed by atoms with Crippen molar-refractivity contribution in [2.24, 2.45) is 11.8 Å². The first-order chi connectivity index (χ1) is 20.7. The van der Waals surface area contributed by atoms with Gasteiger partial charge in [0.2, 0.25) is 11.8 Å². The molecule has 0 aromatic heterocycles. The number of nitrogens with zero attached hydrogens (tertiary/aromatic N) is 2. The van der Waals surface area contributed by atoms with Gasteiger partial charge in [0.1, 0.15) is 0 Å². The summed E-state index contributed by atoms with van der Waals surface area (Å²) >= 11 is 0. The monoisotopic (exact) mass is 586 g/mol. The zero-order valence-electron chi connectivity index (χ0n) is 24.1. The summed E-state index contributed by atoms with van der Waals surface area (Å²) in [7, 11) is -4.88. The Labute approximate surface area is 251 Å². The summed E-state index contributed by atoms with van der Waals surface area (Å²) in [6, 6.07) is 47.1. The minimum absolute atomic E-state index is 0.0755. The fourth-order valence-electron chi connectivity index (χ4n) is 8.40. The third-order valence-corrected chi connectivity index (χ3v) is 22.4. The SMILES string of the molecule is O=C1C2CCCC2C(=O)N1CCCN1[Si](c2ccccc2)(c2ccccc2)CC[Si]1(c1ccccc1)c1ccccc1. The number of fused-ring (bicyclic) bond motifs is 1. The fourth-order valence-corrected chi connectivity index (χ4v) is 23.8. The maximum absolute atomic E-state index is 13.3. The van der Waals surface area contributed by atoms with E-state index in [1.54, 1.807) is 4.90 Å². The largest absolute Gasteiger partial charge is 0.331 e. The first kappa shape index (κ1) is 27.3. The van der Waals surface area contributed by atoms with Crippen molar-refractivity contribution in [1.29, 1.82) is 0 Å². The molecule has 0 N–H and O–H groups in total. The molecule has 4 nitrogen and oxygen atoms in total. The molecule has 7 rings (SSSR count). The van der Waals surface area contributed by atoms with E-state index in [2.05, 4.69) is 126 Å². The maximum atomic E-state index is 13.3. The van der Waals surface area contributed by atoms with E-state index in [1.165, 1.54) is 20.7 Å². The number of benzene rings is 4. The molecule has 2 aliphatic heterocycles. The van der Waals surface area contributed by atoms with E-state index in [1.807, 2.05) is 0 Å². The van der Waals surface area contributed by atoms with Crippen molar-refractivity contribution in [2.45, 2.75) is 37.8 Å². The Morgan fingerprint density at radius 3 is 1.24 bits per heavy atom. The van der Waals surface area contributed by atoms with Crippen molar-refractivity contribution in [1.82, 2.24) is 9.13 Å². The predicted octanol–water partition coefficient (Wildman–Crippen LogP) is 4.00. The average Bonchev–Trinajstić information content (AvgIpc) is 3.74. The second-order valence-corrected chi connectivity index (χ2v) is 20.4. The molecule has 0 bridgehead atoms. The lowest BCUT2D eigenvalue weighted by atomic mass is 10.00. The number of hydrogen-bond acceptors (Lipinski definition) is 3. The van der Waals surface area contributed by atoms with Crippen LogP contribution in [0.15, 0.2) is 121 Å². The van der Waals surface area contributed by atoms with Crippen LogP contribution in [-0.2, 0) is 9.59 Å². The Balaban J connectivity index is 1.36. The number of carbonyl (C=O) groups excluding carboxylic acids is 2. The summed E-state index contributed by atoms with van der Waals surface area (Å²) in [5, 5.41) is 5.78. The molecule has 0 spiro atoms. The van der Waals surface area contributed by atoms with Gasteiger partial charge in [0.05, 0.1) is 11.8 Å². The molecule has 1 aliphatic carbocycles. The van der Waals surface area contributed by atoms with E-state index >= 15 is 0 Å². The van der Waals surface area contributed by atoms with Gasteiger partial charge in [-0.2, -0.15) is 0 Å². The molecule has 2 saturated heterocycles. The third kappa shape index (κ3) is 4.27. The van der Waals surface area contributed by atoms with Crippen LogP contribution in [0.1, 0.15) is 25.7 Å². The fraction of sp³-hybridized carbons (Fsp3) is 0.278. The van der Waals surface area contributed by atoms with Crippen molar-refractivity contribution in [2.75, 3.05) is 13.1 Å². The van der Waals surface area contributed by atoms with Crippen LogP contribution in [0.4, 0.5) is 0 Å². The van der Waals surface area contributed by atoms with Gasteiger partial charge in [-0.1, -0.05) is 128 Å². The first-order valence-corrected chi connectivity index (χ1v) is 19.8. The summed E-state index contributed by atoms with van der Waals surface area (Å²) in [6.07, 6.45) is 3.53. The van der Waals surface area contributed by atoms with Gasteiger partial charge in [0.25, 0.3) is 0 Å². The third-order valence-electron chi connectivity index (χ3n) is 10.2. The van der Waals surface area contributed by atoms with E-state index in [-0.39, 0.29) is 23.7 Å². The lowest BCUT2D eigenvalue weighted by Gasteiger charge is -2.47. The number of rotatable bonds is 8. The minimum Gasteiger partial charge on any atom is -0.331 e. The molecule has 3 aliphatic rings. The summed E-state index contributed by atoms with van der Waals surface area (Å²) in [4.78, 5) is 28.2. The number of likely N-dealkylation sites (tertiary alicyclic amines) is 1. The number of carbonyl (C=O) groups is 2. The highest BCUT2D eigenvalue weighted by atomic mass is 28.4. The standard InChI is InChI=1S/C36H38N2O2Si2/c39-35-33-23-13-24-34(33)36(40)37(35)25-14-26-38-41(29-15-5-1-6-16-29,30-17-7-2-8-18-30)27-28-42(38,31-19-9-3-10-20-31)32-21-11-4-12-22-32/h1-12,15-22,33-34H,13-14,23-28H2. The normalized spacial score (nSPS) is 22.9.